The van der Waals surface area contributed by atoms with Crippen molar-refractivity contribution in [2.45, 2.75) is 6.92 Å². The quantitative estimate of drug-likeness (QED) is 0.558. The average Bonchev–Trinajstić information content (AvgIpc) is 3.16. The van der Waals surface area contributed by atoms with Crippen LogP contribution < -0.4 is 5.76 Å². The first kappa shape index (κ1) is 14.5. The smallest absolute Gasteiger partial charge is 0.417 e. The summed E-state index contributed by atoms with van der Waals surface area (Å²) in [5, 5.41) is 10.8. The lowest BCUT2D eigenvalue weighted by Crippen LogP contribution is -1.92. The van der Waals surface area contributed by atoms with Gasteiger partial charge in [0, 0.05) is 17.0 Å². The molecule has 0 fully saturated rings. The SMILES string of the molecule is Cc1nc2scc(-c3ccc4[nH]c(=O)oc4c3)n2c1/C=C/C(=O)O. The number of carboxylic acids is 1. The lowest BCUT2D eigenvalue weighted by molar-refractivity contribution is -0.131. The zero-order chi connectivity index (χ0) is 16.8. The van der Waals surface area contributed by atoms with Crippen LogP contribution in [-0.4, -0.2) is 25.4 Å². The van der Waals surface area contributed by atoms with Crippen molar-refractivity contribution in [3.05, 3.63) is 51.6 Å². The maximum Gasteiger partial charge on any atom is 0.417 e. The molecule has 120 valence electrons. The van der Waals surface area contributed by atoms with Crippen LogP contribution in [0.25, 0.3) is 33.4 Å². The minimum absolute atomic E-state index is 0.469. The number of carboxylic acid groups (broad SMARTS) is 1. The zero-order valence-electron chi connectivity index (χ0n) is 12.4. The monoisotopic (exact) mass is 341 g/mol. The molecule has 4 aromatic rings. The maximum atomic E-state index is 11.3. The number of oxazole rings is 1. The summed E-state index contributed by atoms with van der Waals surface area (Å²) in [4.78, 5) is 30.0. The van der Waals surface area contributed by atoms with Crippen molar-refractivity contribution in [1.82, 2.24) is 14.4 Å². The van der Waals surface area contributed by atoms with E-state index in [2.05, 4.69) is 9.97 Å². The van der Waals surface area contributed by atoms with Crippen molar-refractivity contribution in [1.29, 1.82) is 0 Å². The number of hydrogen-bond donors (Lipinski definition) is 2. The number of aromatic amines is 1. The number of hydrogen-bond acceptors (Lipinski definition) is 5. The number of imidazole rings is 1. The van der Waals surface area contributed by atoms with Crippen molar-refractivity contribution < 1.29 is 14.3 Å². The van der Waals surface area contributed by atoms with E-state index < -0.39 is 11.7 Å². The molecule has 24 heavy (non-hydrogen) atoms. The second-order valence-corrected chi connectivity index (χ2v) is 6.05. The molecule has 2 N–H and O–H groups in total. The minimum Gasteiger partial charge on any atom is -0.478 e. The van der Waals surface area contributed by atoms with Crippen LogP contribution in [0.4, 0.5) is 0 Å². The molecule has 0 atom stereocenters. The van der Waals surface area contributed by atoms with Crippen LogP contribution >= 0.6 is 11.3 Å². The van der Waals surface area contributed by atoms with Crippen LogP contribution in [0.3, 0.4) is 0 Å². The van der Waals surface area contributed by atoms with E-state index in [1.54, 1.807) is 12.1 Å². The fraction of sp³-hybridized carbons (Fsp3) is 0.0625. The highest BCUT2D eigenvalue weighted by Crippen LogP contribution is 2.30. The lowest BCUT2D eigenvalue weighted by atomic mass is 10.1. The number of aryl methyl sites for hydroxylation is 1. The van der Waals surface area contributed by atoms with Gasteiger partial charge in [-0.3, -0.25) is 9.38 Å². The minimum atomic E-state index is -1.02. The molecule has 0 unspecified atom stereocenters. The van der Waals surface area contributed by atoms with Crippen LogP contribution in [0.1, 0.15) is 11.4 Å². The van der Waals surface area contributed by atoms with Gasteiger partial charge >= 0.3 is 11.7 Å². The maximum absolute atomic E-state index is 11.3. The van der Waals surface area contributed by atoms with Crippen molar-refractivity contribution in [2.75, 3.05) is 0 Å². The van der Waals surface area contributed by atoms with E-state index in [9.17, 15) is 9.59 Å². The molecule has 0 saturated heterocycles. The normalized spacial score (nSPS) is 11.9. The Morgan fingerprint density at radius 3 is 3.08 bits per heavy atom. The molecular weight excluding hydrogens is 330 g/mol. The van der Waals surface area contributed by atoms with E-state index in [1.807, 2.05) is 22.8 Å². The highest BCUT2D eigenvalue weighted by atomic mass is 32.1. The molecule has 0 amide bonds. The summed E-state index contributed by atoms with van der Waals surface area (Å²) >= 11 is 1.46. The van der Waals surface area contributed by atoms with Crippen LogP contribution in [0, 0.1) is 6.92 Å². The Kier molecular flexibility index (Phi) is 3.14. The van der Waals surface area contributed by atoms with Crippen molar-refractivity contribution in [3.8, 4) is 11.3 Å². The molecule has 3 heterocycles. The number of thiazole rings is 1. The van der Waals surface area contributed by atoms with E-state index in [-0.39, 0.29) is 0 Å². The first-order chi connectivity index (χ1) is 11.5. The standard InChI is InChI=1S/C16H11N3O4S/c1-8-11(4-5-14(20)21)19-12(7-24-15(19)17-8)9-2-3-10-13(6-9)23-16(22)18-10/h2-7H,1H3,(H,18,22)(H,20,21)/b5-4+. The van der Waals surface area contributed by atoms with Crippen LogP contribution in [0.15, 0.2) is 38.9 Å². The predicted molar refractivity (Wildman–Crippen MR) is 90.3 cm³/mol. The van der Waals surface area contributed by atoms with Crippen LogP contribution in [0.2, 0.25) is 0 Å². The second kappa shape index (κ2) is 5.20. The molecular formula is C16H11N3O4S. The first-order valence-electron chi connectivity index (χ1n) is 7.04. The van der Waals surface area contributed by atoms with Crippen molar-refractivity contribution >= 4 is 39.4 Å². The molecule has 0 aliphatic rings. The summed E-state index contributed by atoms with van der Waals surface area (Å²) in [5.74, 6) is -1.52. The zero-order valence-corrected chi connectivity index (χ0v) is 13.3. The average molecular weight is 341 g/mol. The number of rotatable bonds is 3. The molecule has 0 bridgehead atoms. The van der Waals surface area contributed by atoms with Gasteiger partial charge in [-0.15, -0.1) is 11.3 Å². The Balaban J connectivity index is 1.95. The molecule has 7 nitrogen and oxygen atoms in total. The van der Waals surface area contributed by atoms with Gasteiger partial charge in [0.2, 0.25) is 0 Å². The Bertz CT molecular complexity index is 1180. The lowest BCUT2D eigenvalue weighted by Gasteiger charge is -2.02. The fourth-order valence-corrected chi connectivity index (χ4v) is 3.59. The van der Waals surface area contributed by atoms with Crippen molar-refractivity contribution in [3.63, 3.8) is 0 Å². The van der Waals surface area contributed by atoms with Crippen LogP contribution in [0.5, 0.6) is 0 Å². The summed E-state index contributed by atoms with van der Waals surface area (Å²) in [5.41, 5.74) is 4.25. The van der Waals surface area contributed by atoms with Gasteiger partial charge in [-0.25, -0.2) is 14.6 Å². The number of aliphatic carboxylic acids is 1. The van der Waals surface area contributed by atoms with Crippen molar-refractivity contribution in [2.24, 2.45) is 0 Å². The summed E-state index contributed by atoms with van der Waals surface area (Å²) in [6, 6.07) is 5.42. The molecule has 0 spiro atoms. The number of aromatic nitrogens is 3. The topological polar surface area (TPSA) is 101 Å². The highest BCUT2D eigenvalue weighted by molar-refractivity contribution is 7.15. The van der Waals surface area contributed by atoms with E-state index in [0.29, 0.717) is 16.8 Å². The van der Waals surface area contributed by atoms with E-state index in [4.69, 9.17) is 9.52 Å². The molecule has 0 aliphatic carbocycles. The third-order valence-corrected chi connectivity index (χ3v) is 4.51. The number of nitrogens with zero attached hydrogens (tertiary/aromatic N) is 2. The van der Waals surface area contributed by atoms with Gasteiger partial charge in [-0.05, 0) is 25.1 Å². The Morgan fingerprint density at radius 1 is 1.46 bits per heavy atom. The largest absolute Gasteiger partial charge is 0.478 e. The molecule has 3 aromatic heterocycles. The number of benzene rings is 1. The van der Waals surface area contributed by atoms with Gasteiger partial charge in [0.15, 0.2) is 10.5 Å². The fourth-order valence-electron chi connectivity index (χ4n) is 2.64. The van der Waals surface area contributed by atoms with Gasteiger partial charge in [0.25, 0.3) is 0 Å². The third kappa shape index (κ3) is 2.24. The van der Waals surface area contributed by atoms with E-state index in [0.717, 1.165) is 28.0 Å². The highest BCUT2D eigenvalue weighted by Gasteiger charge is 2.15. The summed E-state index contributed by atoms with van der Waals surface area (Å²) in [6.45, 7) is 1.83. The van der Waals surface area contributed by atoms with Gasteiger partial charge in [0.05, 0.1) is 22.6 Å². The third-order valence-electron chi connectivity index (χ3n) is 3.68. The number of fused-ring (bicyclic) bond motifs is 2. The Morgan fingerprint density at radius 2 is 2.29 bits per heavy atom. The summed E-state index contributed by atoms with van der Waals surface area (Å²) < 4.78 is 7.00. The van der Waals surface area contributed by atoms with Gasteiger partial charge < -0.3 is 9.52 Å². The summed E-state index contributed by atoms with van der Waals surface area (Å²) in [7, 11) is 0. The molecule has 8 heteroatoms. The van der Waals surface area contributed by atoms with Gasteiger partial charge in [-0.2, -0.15) is 0 Å². The number of carbonyl (C=O) groups is 1. The molecule has 4 rings (SSSR count). The van der Waals surface area contributed by atoms with Gasteiger partial charge in [0.1, 0.15) is 0 Å². The van der Waals surface area contributed by atoms with Gasteiger partial charge in [-0.1, -0.05) is 6.07 Å². The number of H-pyrrole nitrogens is 1. The molecule has 0 radical (unpaired) electrons. The van der Waals surface area contributed by atoms with E-state index >= 15 is 0 Å². The Hall–Kier alpha value is -3.13. The number of nitrogens with one attached hydrogen (secondary N) is 1. The molecule has 0 aliphatic heterocycles. The predicted octanol–water partition coefficient (Wildman–Crippen LogP) is 2.90. The molecule has 1 aromatic carbocycles. The summed E-state index contributed by atoms with van der Waals surface area (Å²) in [6.07, 6.45) is 2.62. The first-order valence-corrected chi connectivity index (χ1v) is 7.92. The second-order valence-electron chi connectivity index (χ2n) is 5.22. The van der Waals surface area contributed by atoms with Crippen LogP contribution in [-0.2, 0) is 4.79 Å². The Labute approximate surface area is 138 Å². The molecule has 0 saturated carbocycles. The van der Waals surface area contributed by atoms with E-state index in [1.165, 1.54) is 17.4 Å².